The molecule has 7 heteroatoms. The van der Waals surface area contributed by atoms with Gasteiger partial charge in [-0.25, -0.2) is 0 Å². The quantitative estimate of drug-likeness (QED) is 0.499. The third-order valence-corrected chi connectivity index (χ3v) is 3.48. The summed E-state index contributed by atoms with van der Waals surface area (Å²) < 4.78 is 0. The van der Waals surface area contributed by atoms with Crippen LogP contribution >= 0.6 is 46.4 Å². The van der Waals surface area contributed by atoms with Crippen LogP contribution in [0, 0.1) is 0 Å². The zero-order valence-corrected chi connectivity index (χ0v) is 15.2. The van der Waals surface area contributed by atoms with Gasteiger partial charge in [0.05, 0.1) is 10.0 Å². The van der Waals surface area contributed by atoms with Crippen LogP contribution in [0.25, 0.3) is 0 Å². The minimum Gasteiger partial charge on any atom is -0.506 e. The summed E-state index contributed by atoms with van der Waals surface area (Å²) in [7, 11) is 0. The Hall–Kier alpha value is -0.112. The summed E-state index contributed by atoms with van der Waals surface area (Å²) in [5.41, 5.74) is 0. The molecule has 0 radical (unpaired) electrons. The summed E-state index contributed by atoms with van der Waals surface area (Å²) in [6, 6.07) is 9.45. The molecule has 0 saturated carbocycles. The van der Waals surface area contributed by atoms with Gasteiger partial charge in [-0.2, -0.15) is 0 Å². The Labute approximate surface area is 145 Å². The van der Waals surface area contributed by atoms with E-state index in [0.29, 0.717) is 10.0 Å². The van der Waals surface area contributed by atoms with Gasteiger partial charge in [0, 0.05) is 21.1 Å². The number of rotatable bonds is 0. The van der Waals surface area contributed by atoms with Crippen LogP contribution < -0.4 is 0 Å². The van der Waals surface area contributed by atoms with E-state index in [1.165, 1.54) is 12.1 Å². The fourth-order valence-corrected chi connectivity index (χ4v) is 1.58. The number of halogens is 4. The number of phenols is 2. The Kier molecular flexibility index (Phi) is 8.89. The Balaban J connectivity index is 0.000000324. The van der Waals surface area contributed by atoms with Crippen LogP contribution in [-0.4, -0.2) is 10.2 Å². The molecule has 0 aliphatic carbocycles. The summed E-state index contributed by atoms with van der Waals surface area (Å²) in [4.78, 5) is 0. The summed E-state index contributed by atoms with van der Waals surface area (Å²) in [6.07, 6.45) is 0. The Bertz CT molecular complexity index is 459. The van der Waals surface area contributed by atoms with Gasteiger partial charge in [0.15, 0.2) is 0 Å². The van der Waals surface area contributed by atoms with E-state index in [1.54, 1.807) is 24.3 Å². The van der Waals surface area contributed by atoms with Crippen LogP contribution in [0.5, 0.6) is 11.5 Å². The summed E-state index contributed by atoms with van der Waals surface area (Å²) >= 11 is 22.0. The van der Waals surface area contributed by atoms with Crippen molar-refractivity contribution in [2.45, 2.75) is 0 Å². The van der Waals surface area contributed by atoms with Crippen molar-refractivity contribution in [1.82, 2.24) is 0 Å². The van der Waals surface area contributed by atoms with E-state index >= 15 is 0 Å². The molecule has 2 nitrogen and oxygen atoms in total. The molecule has 0 aliphatic rings. The molecule has 0 unspecified atom stereocenters. The van der Waals surface area contributed by atoms with Crippen molar-refractivity contribution in [2.24, 2.45) is 0 Å². The second-order valence-corrected chi connectivity index (χ2v) is 4.72. The molecule has 0 amide bonds. The van der Waals surface area contributed by atoms with Gasteiger partial charge < -0.3 is 10.2 Å². The monoisotopic (exact) mass is 508 g/mol. The van der Waals surface area contributed by atoms with Gasteiger partial charge in [0.25, 0.3) is 0 Å². The first kappa shape index (κ1) is 18.9. The Morgan fingerprint density at radius 2 is 0.947 bits per heavy atom. The van der Waals surface area contributed by atoms with Gasteiger partial charge in [0.2, 0.25) is 0 Å². The fourth-order valence-electron chi connectivity index (χ4n) is 0.985. The topological polar surface area (TPSA) is 40.5 Å². The first-order valence-corrected chi connectivity index (χ1v) is 6.20. The Morgan fingerprint density at radius 3 is 1.16 bits per heavy atom. The van der Waals surface area contributed by atoms with E-state index in [0.717, 1.165) is 0 Å². The molecule has 2 N–H and O–H groups in total. The third kappa shape index (κ3) is 5.81. The molecular formula is C12H8Cl4O2W. The molecule has 0 aromatic heterocycles. The SMILES string of the molecule is Oc1cccc(Cl)c1Cl.Oc1cccc(Cl)c1Cl.[W]. The van der Waals surface area contributed by atoms with Crippen LogP contribution in [0.1, 0.15) is 0 Å². The minimum atomic E-state index is 0. The first-order chi connectivity index (χ1) is 8.43. The molecular weight excluding hydrogens is 502 g/mol. The number of hydrogen-bond donors (Lipinski definition) is 2. The van der Waals surface area contributed by atoms with E-state index in [2.05, 4.69) is 0 Å². The van der Waals surface area contributed by atoms with Gasteiger partial charge >= 0.3 is 0 Å². The fraction of sp³-hybridized carbons (Fsp3) is 0. The van der Waals surface area contributed by atoms with Crippen LogP contribution in [0.3, 0.4) is 0 Å². The van der Waals surface area contributed by atoms with Crippen molar-refractivity contribution in [3.8, 4) is 11.5 Å². The van der Waals surface area contributed by atoms with Gasteiger partial charge in [-0.15, -0.1) is 0 Å². The number of aromatic hydroxyl groups is 2. The van der Waals surface area contributed by atoms with Crippen molar-refractivity contribution in [3.05, 3.63) is 56.5 Å². The summed E-state index contributed by atoms with van der Waals surface area (Å²) in [5, 5.41) is 18.9. The zero-order valence-electron chi connectivity index (χ0n) is 9.28. The standard InChI is InChI=1S/2C6H4Cl2O.W/c2*7-4-2-1-3-5(9)6(4)8;/h2*1-3,9H;. The van der Waals surface area contributed by atoms with E-state index < -0.39 is 0 Å². The van der Waals surface area contributed by atoms with Crippen LogP contribution in [-0.2, 0) is 21.1 Å². The molecule has 19 heavy (non-hydrogen) atoms. The van der Waals surface area contributed by atoms with Crippen molar-refractivity contribution < 1.29 is 31.3 Å². The molecule has 0 aliphatic heterocycles. The van der Waals surface area contributed by atoms with E-state index in [-0.39, 0.29) is 42.6 Å². The van der Waals surface area contributed by atoms with Gasteiger partial charge in [0.1, 0.15) is 21.5 Å². The number of benzene rings is 2. The smallest absolute Gasteiger partial charge is 0.135 e. The third-order valence-electron chi connectivity index (χ3n) is 1.86. The molecule has 0 fully saturated rings. The van der Waals surface area contributed by atoms with Crippen molar-refractivity contribution in [2.75, 3.05) is 0 Å². The van der Waals surface area contributed by atoms with Crippen LogP contribution in [0.15, 0.2) is 36.4 Å². The maximum Gasteiger partial charge on any atom is 0.135 e. The molecule has 0 saturated heterocycles. The number of phenolic OH excluding ortho intramolecular Hbond substituents is 2. The van der Waals surface area contributed by atoms with Crippen LogP contribution in [0.2, 0.25) is 20.1 Å². The molecule has 2 aromatic rings. The first-order valence-electron chi connectivity index (χ1n) is 4.69. The normalized spacial score (nSPS) is 9.05. The van der Waals surface area contributed by atoms with Gasteiger partial charge in [-0.3, -0.25) is 0 Å². The number of hydrogen-bond acceptors (Lipinski definition) is 2. The second-order valence-electron chi connectivity index (χ2n) is 3.15. The van der Waals surface area contributed by atoms with E-state index in [9.17, 15) is 0 Å². The predicted octanol–water partition coefficient (Wildman–Crippen LogP) is 5.40. The van der Waals surface area contributed by atoms with Crippen molar-refractivity contribution in [1.29, 1.82) is 0 Å². The van der Waals surface area contributed by atoms with Crippen LogP contribution in [0.4, 0.5) is 0 Å². The average Bonchev–Trinajstić information content (AvgIpc) is 2.34. The van der Waals surface area contributed by atoms with Gasteiger partial charge in [-0.1, -0.05) is 58.5 Å². The summed E-state index contributed by atoms with van der Waals surface area (Å²) in [5.74, 6) is 0.0355. The minimum absolute atomic E-state index is 0. The molecule has 2 rings (SSSR count). The Morgan fingerprint density at radius 1 is 0.632 bits per heavy atom. The molecule has 102 valence electrons. The van der Waals surface area contributed by atoms with Crippen molar-refractivity contribution in [3.63, 3.8) is 0 Å². The molecule has 0 spiro atoms. The molecule has 0 bridgehead atoms. The largest absolute Gasteiger partial charge is 0.506 e. The average molecular weight is 510 g/mol. The zero-order chi connectivity index (χ0) is 13.7. The van der Waals surface area contributed by atoms with E-state index in [1.807, 2.05) is 0 Å². The molecule has 0 heterocycles. The van der Waals surface area contributed by atoms with Crippen molar-refractivity contribution >= 4 is 46.4 Å². The molecule has 0 atom stereocenters. The summed E-state index contributed by atoms with van der Waals surface area (Å²) in [6.45, 7) is 0. The second kappa shape index (κ2) is 8.94. The maximum atomic E-state index is 8.88. The molecule has 2 aromatic carbocycles. The predicted molar refractivity (Wildman–Crippen MR) is 76.3 cm³/mol. The van der Waals surface area contributed by atoms with E-state index in [4.69, 9.17) is 56.6 Å². The van der Waals surface area contributed by atoms with Gasteiger partial charge in [-0.05, 0) is 24.3 Å². The maximum absolute atomic E-state index is 8.88.